The molecule has 0 aromatic heterocycles. The molecule has 0 aliphatic rings. The van der Waals surface area contributed by atoms with Gasteiger partial charge in [0.2, 0.25) is 11.8 Å². The number of rotatable bonds is 7. The van der Waals surface area contributed by atoms with Crippen LogP contribution in [0.5, 0.6) is 5.75 Å². The first-order chi connectivity index (χ1) is 15.4. The highest BCUT2D eigenvalue weighted by Crippen LogP contribution is 2.27. The number of nitrogens with zero attached hydrogens (tertiary/aromatic N) is 1. The molecule has 1 rings (SSSR count). The number of amides is 4. The van der Waals surface area contributed by atoms with Crippen LogP contribution in [0.25, 0.3) is 0 Å². The first-order valence-corrected chi connectivity index (χ1v) is 10.6. The number of aryl methyl sites for hydroxylation is 1. The smallest absolute Gasteiger partial charge is 0.408 e. The summed E-state index contributed by atoms with van der Waals surface area (Å²) in [6, 6.07) is 3.74. The summed E-state index contributed by atoms with van der Waals surface area (Å²) >= 11 is 0. The number of benzene rings is 1. The number of nitrogens with two attached hydrogens (primary N) is 1. The topological polar surface area (TPSA) is 151 Å². The number of ether oxygens (including phenoxy) is 1. The lowest BCUT2D eigenvalue weighted by Crippen LogP contribution is -2.54. The standard InChI is InChI=1S/C24H34N4O6/c1-9-28(21(32)16(13-18(25)30)26-22(33)34-24(6,7)8)19(20(31)27-23(3,4)5)15-10-11-17(29)14(2)12-15/h1,10-12,16,19,29H,13H2,2-8H3,(H2,25,30)(H,26,33)(H,27,31). The molecule has 10 nitrogen and oxygen atoms in total. The lowest BCUT2D eigenvalue weighted by atomic mass is 9.99. The summed E-state index contributed by atoms with van der Waals surface area (Å²) < 4.78 is 5.17. The van der Waals surface area contributed by atoms with Crippen LogP contribution in [0.1, 0.15) is 65.1 Å². The largest absolute Gasteiger partial charge is 0.508 e. The zero-order chi connectivity index (χ0) is 26.4. The van der Waals surface area contributed by atoms with Gasteiger partial charge in [-0.25, -0.2) is 4.79 Å². The van der Waals surface area contributed by atoms with E-state index in [2.05, 4.69) is 16.7 Å². The number of alkyl carbamates (subject to hydrolysis) is 1. The van der Waals surface area contributed by atoms with Crippen molar-refractivity contribution in [1.29, 1.82) is 0 Å². The molecule has 0 radical (unpaired) electrons. The second-order valence-corrected chi connectivity index (χ2v) is 9.89. The number of aromatic hydroxyl groups is 1. The molecule has 1 aromatic carbocycles. The Morgan fingerprint density at radius 3 is 2.21 bits per heavy atom. The lowest BCUT2D eigenvalue weighted by molar-refractivity contribution is -0.140. The molecule has 0 fully saturated rings. The van der Waals surface area contributed by atoms with Crippen LogP contribution in [-0.2, 0) is 19.1 Å². The highest BCUT2D eigenvalue weighted by Gasteiger charge is 2.37. The summed E-state index contributed by atoms with van der Waals surface area (Å²) in [5, 5.41) is 15.0. The average Bonchev–Trinajstić information content (AvgIpc) is 2.64. The van der Waals surface area contributed by atoms with Crippen molar-refractivity contribution < 1.29 is 29.0 Å². The van der Waals surface area contributed by atoms with E-state index in [1.807, 2.05) is 0 Å². The van der Waals surface area contributed by atoms with E-state index in [1.165, 1.54) is 18.2 Å². The number of hydrogen-bond acceptors (Lipinski definition) is 6. The van der Waals surface area contributed by atoms with Gasteiger partial charge >= 0.3 is 6.09 Å². The van der Waals surface area contributed by atoms with Crippen LogP contribution >= 0.6 is 0 Å². The van der Waals surface area contributed by atoms with E-state index in [-0.39, 0.29) is 5.75 Å². The van der Waals surface area contributed by atoms with Crippen LogP contribution < -0.4 is 16.4 Å². The van der Waals surface area contributed by atoms with Gasteiger partial charge in [-0.3, -0.25) is 19.3 Å². The summed E-state index contributed by atoms with van der Waals surface area (Å²) in [4.78, 5) is 51.4. The van der Waals surface area contributed by atoms with Crippen molar-refractivity contribution in [3.05, 3.63) is 29.3 Å². The highest BCUT2D eigenvalue weighted by atomic mass is 16.6. The van der Waals surface area contributed by atoms with Gasteiger partial charge < -0.3 is 26.2 Å². The second-order valence-electron chi connectivity index (χ2n) is 9.89. The number of terminal acetylenes is 1. The maximum Gasteiger partial charge on any atom is 0.408 e. The van der Waals surface area contributed by atoms with E-state index >= 15 is 0 Å². The Labute approximate surface area is 200 Å². The fourth-order valence-corrected chi connectivity index (χ4v) is 2.99. The third kappa shape index (κ3) is 8.65. The van der Waals surface area contributed by atoms with Crippen molar-refractivity contribution in [2.24, 2.45) is 5.73 Å². The van der Waals surface area contributed by atoms with E-state index < -0.39 is 53.5 Å². The zero-order valence-corrected chi connectivity index (χ0v) is 20.7. The fraction of sp³-hybridized carbons (Fsp3) is 0.500. The number of carbonyl (C=O) groups excluding carboxylic acids is 4. The normalized spacial score (nSPS) is 13.1. The minimum Gasteiger partial charge on any atom is -0.508 e. The van der Waals surface area contributed by atoms with Crippen LogP contribution in [0.2, 0.25) is 0 Å². The Morgan fingerprint density at radius 2 is 1.76 bits per heavy atom. The third-order valence-corrected chi connectivity index (χ3v) is 4.31. The molecule has 4 amide bonds. The molecule has 10 heteroatoms. The van der Waals surface area contributed by atoms with Gasteiger partial charge in [-0.15, -0.1) is 0 Å². The average molecular weight is 475 g/mol. The van der Waals surface area contributed by atoms with Gasteiger partial charge in [0.15, 0.2) is 0 Å². The number of phenols is 1. The molecule has 186 valence electrons. The predicted octanol–water partition coefficient (Wildman–Crippen LogP) is 1.84. The fourth-order valence-electron chi connectivity index (χ4n) is 2.99. The summed E-state index contributed by atoms with van der Waals surface area (Å²) in [6.07, 6.45) is 4.12. The van der Waals surface area contributed by atoms with Crippen LogP contribution in [0.4, 0.5) is 4.79 Å². The second kappa shape index (κ2) is 10.9. The van der Waals surface area contributed by atoms with E-state index in [0.717, 1.165) is 4.90 Å². The highest BCUT2D eigenvalue weighted by molar-refractivity contribution is 5.95. The number of nitrogens with one attached hydrogen (secondary N) is 2. The van der Waals surface area contributed by atoms with Crippen molar-refractivity contribution in [1.82, 2.24) is 15.5 Å². The van der Waals surface area contributed by atoms with Crippen LogP contribution in [-0.4, -0.2) is 51.0 Å². The van der Waals surface area contributed by atoms with Gasteiger partial charge in [-0.05, 0) is 71.7 Å². The summed E-state index contributed by atoms with van der Waals surface area (Å²) in [6.45, 7) is 11.8. The summed E-state index contributed by atoms with van der Waals surface area (Å²) in [5.74, 6) is -2.39. The van der Waals surface area contributed by atoms with Crippen LogP contribution in [0.3, 0.4) is 0 Å². The monoisotopic (exact) mass is 474 g/mol. The molecule has 0 spiro atoms. The molecule has 5 N–H and O–H groups in total. The summed E-state index contributed by atoms with van der Waals surface area (Å²) in [7, 11) is 0. The SMILES string of the molecule is C#CN(C(=O)C(CC(N)=O)NC(=O)OC(C)(C)C)C(C(=O)NC(C)(C)C)c1ccc(O)c(C)c1. The number of carbonyl (C=O) groups is 4. The first-order valence-electron chi connectivity index (χ1n) is 10.6. The van der Waals surface area contributed by atoms with E-state index in [9.17, 15) is 24.3 Å². The van der Waals surface area contributed by atoms with Crippen molar-refractivity contribution in [3.63, 3.8) is 0 Å². The van der Waals surface area contributed by atoms with Gasteiger partial charge in [0.25, 0.3) is 5.91 Å². The van der Waals surface area contributed by atoms with Gasteiger partial charge in [-0.2, -0.15) is 0 Å². The first kappa shape index (κ1) is 28.3. The number of hydrogen-bond donors (Lipinski definition) is 4. The Morgan fingerprint density at radius 1 is 1.18 bits per heavy atom. The summed E-state index contributed by atoms with van der Waals surface area (Å²) in [5.41, 5.74) is 4.53. The maximum absolute atomic E-state index is 13.4. The molecule has 1 aromatic rings. The molecule has 2 unspecified atom stereocenters. The van der Waals surface area contributed by atoms with E-state index in [1.54, 1.807) is 48.5 Å². The lowest BCUT2D eigenvalue weighted by Gasteiger charge is -2.32. The van der Waals surface area contributed by atoms with Crippen LogP contribution in [0, 0.1) is 19.4 Å². The molecule has 34 heavy (non-hydrogen) atoms. The third-order valence-electron chi connectivity index (χ3n) is 4.31. The Bertz CT molecular complexity index is 985. The Balaban J connectivity index is 3.47. The molecule has 0 aliphatic carbocycles. The van der Waals surface area contributed by atoms with Gasteiger partial charge in [0, 0.05) is 11.6 Å². The molecular weight excluding hydrogens is 440 g/mol. The Kier molecular flexibility index (Phi) is 9.09. The van der Waals surface area contributed by atoms with E-state index in [4.69, 9.17) is 16.9 Å². The quantitative estimate of drug-likeness (QED) is 0.350. The molecule has 0 saturated carbocycles. The molecule has 0 aliphatic heterocycles. The molecular formula is C24H34N4O6. The predicted molar refractivity (Wildman–Crippen MR) is 126 cm³/mol. The number of primary amides is 1. The van der Waals surface area contributed by atoms with Crippen molar-refractivity contribution in [2.45, 2.75) is 78.1 Å². The zero-order valence-electron chi connectivity index (χ0n) is 20.7. The van der Waals surface area contributed by atoms with Gasteiger partial charge in [-0.1, -0.05) is 12.5 Å². The molecule has 0 heterocycles. The van der Waals surface area contributed by atoms with Crippen LogP contribution in [0.15, 0.2) is 18.2 Å². The van der Waals surface area contributed by atoms with Crippen molar-refractivity contribution >= 4 is 23.8 Å². The van der Waals surface area contributed by atoms with Gasteiger partial charge in [0.1, 0.15) is 23.4 Å². The molecule has 0 saturated heterocycles. The molecule has 2 atom stereocenters. The molecule has 0 bridgehead atoms. The van der Waals surface area contributed by atoms with Crippen molar-refractivity contribution in [2.75, 3.05) is 0 Å². The maximum atomic E-state index is 13.4. The van der Waals surface area contributed by atoms with E-state index in [0.29, 0.717) is 11.1 Å². The van der Waals surface area contributed by atoms with Crippen molar-refractivity contribution in [3.8, 4) is 18.2 Å². The minimum atomic E-state index is -1.48. The van der Waals surface area contributed by atoms with Gasteiger partial charge in [0.05, 0.1) is 6.42 Å². The Hall–Kier alpha value is -3.74. The minimum absolute atomic E-state index is 0.00416. The number of phenolic OH excluding ortho intramolecular Hbond substituents is 1.